The van der Waals surface area contributed by atoms with Crippen molar-refractivity contribution in [1.82, 2.24) is 10.3 Å². The van der Waals surface area contributed by atoms with Crippen LogP contribution in [0.1, 0.15) is 19.3 Å². The number of fused-ring (bicyclic) bond motifs is 1. The van der Waals surface area contributed by atoms with E-state index < -0.39 is 0 Å². The molecule has 102 valence electrons. The Morgan fingerprint density at radius 1 is 1.21 bits per heavy atom. The van der Waals surface area contributed by atoms with Gasteiger partial charge in [-0.15, -0.1) is 0 Å². The Morgan fingerprint density at radius 3 is 2.84 bits per heavy atom. The lowest BCUT2D eigenvalue weighted by molar-refractivity contribution is 0.314. The van der Waals surface area contributed by atoms with Gasteiger partial charge in [0, 0.05) is 18.3 Å². The minimum atomic E-state index is 0.366. The number of benzene rings is 1. The Balaban J connectivity index is 1.69. The Hall–Kier alpha value is -1.59. The Kier molecular flexibility index (Phi) is 3.66. The van der Waals surface area contributed by atoms with Crippen molar-refractivity contribution in [3.05, 3.63) is 30.3 Å². The number of rotatable bonds is 2. The number of anilines is 1. The number of hydrogen-bond donors (Lipinski definition) is 3. The lowest BCUT2D eigenvalue weighted by atomic mass is 10.1. The minimum absolute atomic E-state index is 0.366. The summed E-state index contributed by atoms with van der Waals surface area (Å²) < 4.78 is 0. The summed E-state index contributed by atoms with van der Waals surface area (Å²) in [6, 6.07) is 11.0. The van der Waals surface area contributed by atoms with Gasteiger partial charge < -0.3 is 5.32 Å². The van der Waals surface area contributed by atoms with Crippen LogP contribution >= 0.6 is 0 Å². The first-order valence-electron chi connectivity index (χ1n) is 6.97. The van der Waals surface area contributed by atoms with E-state index in [4.69, 9.17) is 10.8 Å². The van der Waals surface area contributed by atoms with E-state index in [1.54, 1.807) is 0 Å². The monoisotopic (exact) mass is 259 g/mol. The first-order chi connectivity index (χ1) is 9.36. The molecule has 2 unspecified atom stereocenters. The van der Waals surface area contributed by atoms with Crippen molar-refractivity contribution in [3.63, 3.8) is 0 Å². The summed E-state index contributed by atoms with van der Waals surface area (Å²) in [5.74, 6) is 6.24. The minimum Gasteiger partial charge on any atom is -0.325 e. The summed E-state index contributed by atoms with van der Waals surface area (Å²) in [7, 11) is 0. The Morgan fingerprint density at radius 2 is 2.05 bits per heavy atom. The van der Waals surface area contributed by atoms with Gasteiger partial charge in [0.1, 0.15) is 0 Å². The highest BCUT2D eigenvalue weighted by atomic mass is 15.3. The van der Waals surface area contributed by atoms with Crippen molar-refractivity contribution in [2.24, 2.45) is 10.8 Å². The SMILES string of the molecule is NNC(=NC1CCN2CCCC12)Nc1ccccc1. The van der Waals surface area contributed by atoms with E-state index in [1.807, 2.05) is 30.3 Å². The summed E-state index contributed by atoms with van der Waals surface area (Å²) in [5, 5.41) is 3.23. The van der Waals surface area contributed by atoms with Gasteiger partial charge in [0.15, 0.2) is 0 Å². The predicted molar refractivity (Wildman–Crippen MR) is 77.8 cm³/mol. The number of nitrogens with zero attached hydrogens (tertiary/aromatic N) is 2. The topological polar surface area (TPSA) is 65.7 Å². The summed E-state index contributed by atoms with van der Waals surface area (Å²) in [6.07, 6.45) is 3.69. The average Bonchev–Trinajstić information content (AvgIpc) is 3.04. The van der Waals surface area contributed by atoms with E-state index in [1.165, 1.54) is 25.9 Å². The van der Waals surface area contributed by atoms with Crippen molar-refractivity contribution in [3.8, 4) is 0 Å². The lowest BCUT2D eigenvalue weighted by Gasteiger charge is -2.18. The van der Waals surface area contributed by atoms with Crippen LogP contribution in [0.2, 0.25) is 0 Å². The van der Waals surface area contributed by atoms with Crippen molar-refractivity contribution >= 4 is 11.6 Å². The average molecular weight is 259 g/mol. The van der Waals surface area contributed by atoms with Crippen molar-refractivity contribution in [1.29, 1.82) is 0 Å². The highest BCUT2D eigenvalue weighted by Crippen LogP contribution is 2.29. The van der Waals surface area contributed by atoms with Gasteiger partial charge in [-0.05, 0) is 37.9 Å². The van der Waals surface area contributed by atoms with E-state index >= 15 is 0 Å². The van der Waals surface area contributed by atoms with Crippen LogP contribution in [0.4, 0.5) is 5.69 Å². The maximum Gasteiger partial charge on any atom is 0.210 e. The molecule has 2 atom stereocenters. The van der Waals surface area contributed by atoms with E-state index in [2.05, 4.69) is 15.6 Å². The smallest absolute Gasteiger partial charge is 0.210 e. The third-order valence-corrected chi connectivity index (χ3v) is 4.04. The second kappa shape index (κ2) is 5.59. The van der Waals surface area contributed by atoms with Crippen LogP contribution in [0.15, 0.2) is 35.3 Å². The fourth-order valence-corrected chi connectivity index (χ4v) is 3.14. The van der Waals surface area contributed by atoms with Crippen LogP contribution in [0.25, 0.3) is 0 Å². The van der Waals surface area contributed by atoms with E-state index in [0.717, 1.165) is 12.1 Å². The molecule has 2 fully saturated rings. The lowest BCUT2D eigenvalue weighted by Crippen LogP contribution is -2.38. The van der Waals surface area contributed by atoms with Gasteiger partial charge in [0.2, 0.25) is 5.96 Å². The number of para-hydroxylation sites is 1. The van der Waals surface area contributed by atoms with Gasteiger partial charge >= 0.3 is 0 Å². The third kappa shape index (κ3) is 2.72. The summed E-state index contributed by atoms with van der Waals surface area (Å²) in [6.45, 7) is 2.40. The molecule has 0 saturated carbocycles. The van der Waals surface area contributed by atoms with Crippen LogP contribution < -0.4 is 16.6 Å². The molecule has 2 saturated heterocycles. The van der Waals surface area contributed by atoms with E-state index in [9.17, 15) is 0 Å². The van der Waals surface area contributed by atoms with Gasteiger partial charge in [-0.1, -0.05) is 18.2 Å². The summed E-state index contributed by atoms with van der Waals surface area (Å²) in [4.78, 5) is 7.31. The molecule has 0 aromatic heterocycles. The molecular weight excluding hydrogens is 238 g/mol. The molecule has 3 rings (SSSR count). The van der Waals surface area contributed by atoms with Gasteiger partial charge in [-0.3, -0.25) is 10.3 Å². The van der Waals surface area contributed by atoms with Crippen molar-refractivity contribution in [2.45, 2.75) is 31.3 Å². The summed E-state index contributed by atoms with van der Waals surface area (Å²) >= 11 is 0. The van der Waals surface area contributed by atoms with Crippen LogP contribution in [0.5, 0.6) is 0 Å². The molecular formula is C14H21N5. The number of nitrogens with two attached hydrogens (primary N) is 1. The number of hydrazine groups is 1. The molecule has 5 heteroatoms. The molecule has 19 heavy (non-hydrogen) atoms. The third-order valence-electron chi connectivity index (χ3n) is 4.04. The molecule has 1 aromatic carbocycles. The van der Waals surface area contributed by atoms with Crippen LogP contribution in [-0.4, -0.2) is 36.0 Å². The van der Waals surface area contributed by atoms with Gasteiger partial charge in [0.05, 0.1) is 6.04 Å². The maximum atomic E-state index is 5.58. The van der Waals surface area contributed by atoms with Gasteiger partial charge in [-0.2, -0.15) is 0 Å². The maximum absolute atomic E-state index is 5.58. The predicted octanol–water partition coefficient (Wildman–Crippen LogP) is 1.15. The molecule has 1 aromatic rings. The normalized spacial score (nSPS) is 27.3. The van der Waals surface area contributed by atoms with Gasteiger partial charge in [-0.25, -0.2) is 10.8 Å². The van der Waals surface area contributed by atoms with Crippen molar-refractivity contribution < 1.29 is 0 Å². The zero-order valence-electron chi connectivity index (χ0n) is 11.0. The fourth-order valence-electron chi connectivity index (χ4n) is 3.14. The summed E-state index contributed by atoms with van der Waals surface area (Å²) in [5.41, 5.74) is 3.68. The number of aliphatic imine (C=N–C) groups is 1. The number of nitrogens with one attached hydrogen (secondary N) is 2. The highest BCUT2D eigenvalue weighted by molar-refractivity contribution is 5.93. The van der Waals surface area contributed by atoms with Crippen LogP contribution in [0.3, 0.4) is 0 Å². The van der Waals surface area contributed by atoms with E-state index in [0.29, 0.717) is 18.0 Å². The Labute approximate surface area is 113 Å². The molecule has 2 heterocycles. The van der Waals surface area contributed by atoms with Crippen LogP contribution in [0, 0.1) is 0 Å². The Bertz CT molecular complexity index is 444. The molecule has 0 aliphatic carbocycles. The molecule has 0 bridgehead atoms. The second-order valence-corrected chi connectivity index (χ2v) is 5.21. The van der Waals surface area contributed by atoms with Gasteiger partial charge in [0.25, 0.3) is 0 Å². The van der Waals surface area contributed by atoms with E-state index in [-0.39, 0.29) is 0 Å². The first-order valence-corrected chi connectivity index (χ1v) is 6.97. The van der Waals surface area contributed by atoms with Crippen LogP contribution in [-0.2, 0) is 0 Å². The molecule has 0 radical (unpaired) electrons. The van der Waals surface area contributed by atoms with Crippen molar-refractivity contribution in [2.75, 3.05) is 18.4 Å². The zero-order chi connectivity index (χ0) is 13.1. The standard InChI is InChI=1S/C14H21N5/c15-18-14(16-11-5-2-1-3-6-11)17-12-8-10-19-9-4-7-13(12)19/h1-3,5-6,12-13H,4,7-10,15H2,(H2,16,17,18). The number of hydrogen-bond acceptors (Lipinski definition) is 3. The molecule has 5 nitrogen and oxygen atoms in total. The zero-order valence-corrected chi connectivity index (χ0v) is 11.0. The molecule has 2 aliphatic rings. The molecule has 4 N–H and O–H groups in total. The fraction of sp³-hybridized carbons (Fsp3) is 0.500. The number of guanidine groups is 1. The second-order valence-electron chi connectivity index (χ2n) is 5.21. The molecule has 2 aliphatic heterocycles. The first kappa shape index (κ1) is 12.4. The largest absolute Gasteiger partial charge is 0.325 e. The molecule has 0 spiro atoms. The highest BCUT2D eigenvalue weighted by Gasteiger charge is 2.37. The molecule has 0 amide bonds. The quantitative estimate of drug-likeness (QED) is 0.323.